The van der Waals surface area contributed by atoms with Gasteiger partial charge in [-0.3, -0.25) is 4.79 Å². The molecule has 0 aliphatic heterocycles. The largest absolute Gasteiger partial charge is 0.492 e. The highest BCUT2D eigenvalue weighted by Crippen LogP contribution is 2.41. The van der Waals surface area contributed by atoms with Crippen molar-refractivity contribution < 1.29 is 13.9 Å². The number of hydrogen-bond acceptors (Lipinski definition) is 2. The highest BCUT2D eigenvalue weighted by atomic mass is 35.5. The van der Waals surface area contributed by atoms with E-state index in [1.54, 1.807) is 36.4 Å². The summed E-state index contributed by atoms with van der Waals surface area (Å²) in [6.07, 6.45) is 4.17. The summed E-state index contributed by atoms with van der Waals surface area (Å²) < 4.78 is 19.9. The number of ether oxygens (including phenoxy) is 1. The quantitative estimate of drug-likeness (QED) is 0.725. The highest BCUT2D eigenvalue weighted by Gasteiger charge is 2.42. The molecule has 1 aliphatic carbocycles. The van der Waals surface area contributed by atoms with Crippen molar-refractivity contribution in [3.05, 3.63) is 58.9 Å². The fourth-order valence-electron chi connectivity index (χ4n) is 3.73. The molecule has 0 atom stereocenters. The molecule has 26 heavy (non-hydrogen) atoms. The lowest BCUT2D eigenvalue weighted by Crippen LogP contribution is -2.42. The summed E-state index contributed by atoms with van der Waals surface area (Å²) in [6.45, 7) is 2.40. The summed E-state index contributed by atoms with van der Waals surface area (Å²) >= 11 is 6.22. The number of halogens is 2. The number of nitrogens with one attached hydrogen (secondary N) is 1. The molecule has 0 radical (unpaired) electrons. The van der Waals surface area contributed by atoms with Crippen LogP contribution >= 0.6 is 11.6 Å². The SMILES string of the molecule is CCOc1ccc(NC(=O)C2(c3ccccc3F)CCCCC2)cc1Cl. The van der Waals surface area contributed by atoms with Crippen molar-refractivity contribution in [2.24, 2.45) is 0 Å². The molecule has 0 bridgehead atoms. The Morgan fingerprint density at radius 3 is 2.58 bits per heavy atom. The monoisotopic (exact) mass is 375 g/mol. The van der Waals surface area contributed by atoms with E-state index in [-0.39, 0.29) is 11.7 Å². The minimum atomic E-state index is -0.839. The van der Waals surface area contributed by atoms with E-state index in [1.165, 1.54) is 6.07 Å². The molecule has 5 heteroatoms. The number of carbonyl (C=O) groups excluding carboxylic acids is 1. The van der Waals surface area contributed by atoms with Crippen molar-refractivity contribution in [1.82, 2.24) is 0 Å². The van der Waals surface area contributed by atoms with E-state index in [4.69, 9.17) is 16.3 Å². The Balaban J connectivity index is 1.90. The van der Waals surface area contributed by atoms with E-state index in [2.05, 4.69) is 5.32 Å². The average molecular weight is 376 g/mol. The van der Waals surface area contributed by atoms with Crippen LogP contribution in [0.2, 0.25) is 5.02 Å². The van der Waals surface area contributed by atoms with Gasteiger partial charge in [-0.2, -0.15) is 0 Å². The first kappa shape index (κ1) is 18.7. The van der Waals surface area contributed by atoms with Crippen molar-refractivity contribution in [1.29, 1.82) is 0 Å². The van der Waals surface area contributed by atoms with E-state index < -0.39 is 5.41 Å². The molecule has 3 rings (SSSR count). The first-order valence-electron chi connectivity index (χ1n) is 9.05. The zero-order valence-electron chi connectivity index (χ0n) is 14.9. The zero-order valence-corrected chi connectivity index (χ0v) is 15.6. The van der Waals surface area contributed by atoms with Gasteiger partial charge >= 0.3 is 0 Å². The molecule has 2 aromatic rings. The van der Waals surface area contributed by atoms with Gasteiger partial charge in [-0.1, -0.05) is 49.1 Å². The molecule has 0 heterocycles. The lowest BCUT2D eigenvalue weighted by atomic mass is 9.68. The van der Waals surface area contributed by atoms with E-state index >= 15 is 0 Å². The van der Waals surface area contributed by atoms with Crippen LogP contribution < -0.4 is 10.1 Å². The zero-order chi connectivity index (χ0) is 18.6. The Morgan fingerprint density at radius 2 is 1.92 bits per heavy atom. The van der Waals surface area contributed by atoms with E-state index in [0.29, 0.717) is 41.5 Å². The molecule has 0 unspecified atom stereocenters. The predicted octanol–water partition coefficient (Wildman–Crippen LogP) is 5.72. The minimum absolute atomic E-state index is 0.178. The van der Waals surface area contributed by atoms with Gasteiger partial charge < -0.3 is 10.1 Å². The maximum atomic E-state index is 14.5. The summed E-state index contributed by atoms with van der Waals surface area (Å²) in [5.41, 5.74) is 0.230. The Kier molecular flexibility index (Phi) is 5.82. The molecule has 0 spiro atoms. The molecule has 1 amide bonds. The minimum Gasteiger partial charge on any atom is -0.492 e. The number of anilines is 1. The summed E-state index contributed by atoms with van der Waals surface area (Å²) in [5, 5.41) is 3.38. The molecule has 1 fully saturated rings. The van der Waals surface area contributed by atoms with Crippen LogP contribution in [0, 0.1) is 5.82 Å². The second kappa shape index (κ2) is 8.09. The molecule has 2 aromatic carbocycles. The van der Waals surface area contributed by atoms with E-state index in [0.717, 1.165) is 19.3 Å². The predicted molar refractivity (Wildman–Crippen MR) is 102 cm³/mol. The van der Waals surface area contributed by atoms with Gasteiger partial charge in [0.05, 0.1) is 17.0 Å². The number of rotatable bonds is 5. The molecule has 1 aliphatic rings. The highest BCUT2D eigenvalue weighted by molar-refractivity contribution is 6.32. The summed E-state index contributed by atoms with van der Waals surface area (Å²) in [6, 6.07) is 11.8. The van der Waals surface area contributed by atoms with Crippen LogP contribution in [0.3, 0.4) is 0 Å². The molecule has 138 valence electrons. The summed E-state index contributed by atoms with van der Waals surface area (Å²) in [7, 11) is 0. The number of amides is 1. The first-order chi connectivity index (χ1) is 12.6. The van der Waals surface area contributed by atoms with Gasteiger partial charge in [0.25, 0.3) is 0 Å². The van der Waals surface area contributed by atoms with Gasteiger partial charge in [-0.05, 0) is 44.0 Å². The van der Waals surface area contributed by atoms with Gasteiger partial charge in [0, 0.05) is 11.3 Å². The van der Waals surface area contributed by atoms with Crippen LogP contribution in [0.15, 0.2) is 42.5 Å². The molecule has 0 aromatic heterocycles. The second-order valence-electron chi connectivity index (χ2n) is 6.65. The normalized spacial score (nSPS) is 16.1. The van der Waals surface area contributed by atoms with Gasteiger partial charge in [0.1, 0.15) is 11.6 Å². The van der Waals surface area contributed by atoms with Crippen LogP contribution in [0.5, 0.6) is 5.75 Å². The topological polar surface area (TPSA) is 38.3 Å². The maximum absolute atomic E-state index is 14.5. The van der Waals surface area contributed by atoms with Crippen molar-refractivity contribution in [3.8, 4) is 5.75 Å². The third-order valence-corrected chi connectivity index (χ3v) is 5.32. The fourth-order valence-corrected chi connectivity index (χ4v) is 3.96. The molecule has 3 nitrogen and oxygen atoms in total. The first-order valence-corrected chi connectivity index (χ1v) is 9.43. The molecule has 0 saturated heterocycles. The smallest absolute Gasteiger partial charge is 0.235 e. The standard InChI is InChI=1S/C21H23ClFNO2/c1-2-26-19-11-10-15(14-17(19)22)24-20(25)21(12-6-3-7-13-21)16-8-4-5-9-18(16)23/h4-5,8-11,14H,2-3,6-7,12-13H2,1H3,(H,24,25). The van der Waals surface area contributed by atoms with Gasteiger partial charge in [-0.25, -0.2) is 4.39 Å². The van der Waals surface area contributed by atoms with Crippen LogP contribution in [0.25, 0.3) is 0 Å². The molecular weight excluding hydrogens is 353 g/mol. The van der Waals surface area contributed by atoms with E-state index in [9.17, 15) is 9.18 Å². The number of benzene rings is 2. The van der Waals surface area contributed by atoms with Gasteiger partial charge in [-0.15, -0.1) is 0 Å². The van der Waals surface area contributed by atoms with Crippen molar-refractivity contribution in [2.45, 2.75) is 44.4 Å². The number of hydrogen-bond donors (Lipinski definition) is 1. The average Bonchev–Trinajstić information content (AvgIpc) is 2.65. The molecular formula is C21H23ClFNO2. The van der Waals surface area contributed by atoms with Gasteiger partial charge in [0.15, 0.2) is 0 Å². The summed E-state index contributed by atoms with van der Waals surface area (Å²) in [5.74, 6) is 0.0745. The Labute approximate surface area is 158 Å². The van der Waals surface area contributed by atoms with Crippen LogP contribution in [-0.4, -0.2) is 12.5 Å². The second-order valence-corrected chi connectivity index (χ2v) is 7.06. The van der Waals surface area contributed by atoms with E-state index in [1.807, 2.05) is 6.92 Å². The van der Waals surface area contributed by atoms with Gasteiger partial charge in [0.2, 0.25) is 5.91 Å². The summed E-state index contributed by atoms with van der Waals surface area (Å²) in [4.78, 5) is 13.2. The van der Waals surface area contributed by atoms with Crippen molar-refractivity contribution in [3.63, 3.8) is 0 Å². The lowest BCUT2D eigenvalue weighted by Gasteiger charge is -2.36. The van der Waals surface area contributed by atoms with Crippen LogP contribution in [-0.2, 0) is 10.2 Å². The molecule has 1 saturated carbocycles. The fraction of sp³-hybridized carbons (Fsp3) is 0.381. The van der Waals surface area contributed by atoms with Crippen molar-refractivity contribution >= 4 is 23.2 Å². The maximum Gasteiger partial charge on any atom is 0.235 e. The lowest BCUT2D eigenvalue weighted by molar-refractivity contribution is -0.122. The van der Waals surface area contributed by atoms with Crippen molar-refractivity contribution in [2.75, 3.05) is 11.9 Å². The Bertz CT molecular complexity index is 787. The Hall–Kier alpha value is -2.07. The van der Waals surface area contributed by atoms with Crippen LogP contribution in [0.1, 0.15) is 44.6 Å². The third kappa shape index (κ3) is 3.70. The number of carbonyl (C=O) groups is 1. The molecule has 1 N–H and O–H groups in total. The van der Waals surface area contributed by atoms with Crippen LogP contribution in [0.4, 0.5) is 10.1 Å². The Morgan fingerprint density at radius 1 is 1.19 bits per heavy atom. The third-order valence-electron chi connectivity index (χ3n) is 5.02.